The number of Topliss-reactive ketones (excluding diaryl/α,β-unsaturated/α-hetero) is 1. The summed E-state index contributed by atoms with van der Waals surface area (Å²) in [4.78, 5) is 20.7. The Bertz CT molecular complexity index is 153. The number of hydrogen-bond donors (Lipinski definition) is 2. The second-order valence-corrected chi connectivity index (χ2v) is 2.46. The van der Waals surface area contributed by atoms with E-state index in [-0.39, 0.29) is 18.6 Å². The topological polar surface area (TPSA) is 74.6 Å². The summed E-state index contributed by atoms with van der Waals surface area (Å²) in [7, 11) is 0. The van der Waals surface area contributed by atoms with Crippen LogP contribution in [0.4, 0.5) is 0 Å². The first-order chi connectivity index (χ1) is 5.07. The minimum absolute atomic E-state index is 0.0512. The minimum atomic E-state index is -1.05. The molecule has 0 heterocycles. The fourth-order valence-electron chi connectivity index (χ4n) is 0.670. The van der Waals surface area contributed by atoms with Crippen molar-refractivity contribution in [2.45, 2.75) is 19.8 Å². The molecule has 11 heavy (non-hydrogen) atoms. The molecular weight excluding hydrogens is 148 g/mol. The first-order valence-electron chi connectivity index (χ1n) is 3.41. The molecule has 0 bridgehead atoms. The van der Waals surface area contributed by atoms with Crippen LogP contribution in [0.2, 0.25) is 0 Å². The summed E-state index contributed by atoms with van der Waals surface area (Å²) in [5.41, 5.74) is 0. The maximum Gasteiger partial charge on any atom is 0.308 e. The summed E-state index contributed by atoms with van der Waals surface area (Å²) in [5.74, 6) is -1.89. The zero-order valence-electron chi connectivity index (χ0n) is 6.41. The van der Waals surface area contributed by atoms with Crippen LogP contribution in [0.25, 0.3) is 0 Å². The number of hydrogen-bond acceptors (Lipinski definition) is 3. The first-order valence-corrected chi connectivity index (χ1v) is 3.41. The Kier molecular flexibility index (Phi) is 4.45. The Morgan fingerprint density at radius 2 is 2.00 bits per heavy atom. The van der Waals surface area contributed by atoms with Crippen LogP contribution in [-0.4, -0.2) is 28.6 Å². The minimum Gasteiger partial charge on any atom is -0.481 e. The van der Waals surface area contributed by atoms with E-state index in [0.717, 1.165) is 0 Å². The Labute approximate surface area is 64.8 Å². The Morgan fingerprint density at radius 3 is 2.27 bits per heavy atom. The Hall–Kier alpha value is -0.900. The van der Waals surface area contributed by atoms with Crippen molar-refractivity contribution in [3.05, 3.63) is 0 Å². The molecule has 0 spiro atoms. The smallest absolute Gasteiger partial charge is 0.308 e. The average Bonchev–Trinajstić information content (AvgIpc) is 1.87. The predicted octanol–water partition coefficient (Wildman–Crippen LogP) is 0.0487. The molecule has 0 rings (SSSR count). The molecule has 0 fully saturated rings. The highest BCUT2D eigenvalue weighted by atomic mass is 16.4. The van der Waals surface area contributed by atoms with Crippen LogP contribution in [0, 0.1) is 5.92 Å². The summed E-state index contributed by atoms with van der Waals surface area (Å²) in [6.45, 7) is 0.999. The van der Waals surface area contributed by atoms with Crippen LogP contribution >= 0.6 is 0 Å². The molecule has 0 aromatic rings. The van der Waals surface area contributed by atoms with Crippen molar-refractivity contribution < 1.29 is 19.8 Å². The highest BCUT2D eigenvalue weighted by Gasteiger charge is 2.15. The van der Waals surface area contributed by atoms with Gasteiger partial charge in [0.25, 0.3) is 0 Å². The summed E-state index contributed by atoms with van der Waals surface area (Å²) in [6.07, 6.45) is 0.443. The quantitative estimate of drug-likeness (QED) is 0.595. The SMILES string of the molecule is CC(=O)CCC(CO)C(=O)O. The van der Waals surface area contributed by atoms with Crippen LogP contribution in [0.15, 0.2) is 0 Å². The summed E-state index contributed by atoms with van der Waals surface area (Å²) < 4.78 is 0. The lowest BCUT2D eigenvalue weighted by Crippen LogP contribution is -2.18. The molecule has 0 saturated carbocycles. The summed E-state index contributed by atoms with van der Waals surface area (Å²) >= 11 is 0. The molecule has 0 aliphatic rings. The van der Waals surface area contributed by atoms with Gasteiger partial charge in [-0.3, -0.25) is 4.79 Å². The van der Waals surface area contributed by atoms with E-state index in [9.17, 15) is 9.59 Å². The molecule has 4 heteroatoms. The fraction of sp³-hybridized carbons (Fsp3) is 0.714. The maximum atomic E-state index is 10.4. The van der Waals surface area contributed by atoms with Gasteiger partial charge in [-0.2, -0.15) is 0 Å². The number of ketones is 1. The van der Waals surface area contributed by atoms with Crippen molar-refractivity contribution in [2.24, 2.45) is 5.92 Å². The number of carboxylic acid groups (broad SMARTS) is 1. The molecule has 64 valence electrons. The lowest BCUT2D eigenvalue weighted by Gasteiger charge is -2.05. The van der Waals surface area contributed by atoms with Crippen LogP contribution in [-0.2, 0) is 9.59 Å². The third kappa shape index (κ3) is 4.50. The molecule has 2 N–H and O–H groups in total. The average molecular weight is 160 g/mol. The van der Waals surface area contributed by atoms with Gasteiger partial charge in [-0.15, -0.1) is 0 Å². The van der Waals surface area contributed by atoms with Crippen molar-refractivity contribution in [3.63, 3.8) is 0 Å². The molecule has 0 aliphatic carbocycles. The van der Waals surface area contributed by atoms with Crippen LogP contribution in [0.5, 0.6) is 0 Å². The van der Waals surface area contributed by atoms with Crippen molar-refractivity contribution in [2.75, 3.05) is 6.61 Å². The standard InChI is InChI=1S/C7H12O4/c1-5(9)2-3-6(4-8)7(10)11/h6,8H,2-4H2,1H3,(H,10,11). The molecule has 4 nitrogen and oxygen atoms in total. The van der Waals surface area contributed by atoms with E-state index in [1.807, 2.05) is 0 Å². The van der Waals surface area contributed by atoms with E-state index < -0.39 is 18.5 Å². The van der Waals surface area contributed by atoms with Crippen LogP contribution < -0.4 is 0 Å². The monoisotopic (exact) mass is 160 g/mol. The maximum absolute atomic E-state index is 10.4. The van der Waals surface area contributed by atoms with Gasteiger partial charge in [0.15, 0.2) is 0 Å². The van der Waals surface area contributed by atoms with Gasteiger partial charge in [0, 0.05) is 6.42 Å². The summed E-state index contributed by atoms with van der Waals surface area (Å²) in [6, 6.07) is 0. The number of aliphatic carboxylic acids is 1. The molecule has 0 aromatic heterocycles. The molecule has 0 radical (unpaired) electrons. The van der Waals surface area contributed by atoms with Crippen molar-refractivity contribution in [1.29, 1.82) is 0 Å². The lowest BCUT2D eigenvalue weighted by molar-refractivity contribution is -0.143. The molecule has 1 unspecified atom stereocenters. The van der Waals surface area contributed by atoms with E-state index in [0.29, 0.717) is 0 Å². The number of carbonyl (C=O) groups is 2. The highest BCUT2D eigenvalue weighted by Crippen LogP contribution is 2.05. The van der Waals surface area contributed by atoms with E-state index >= 15 is 0 Å². The van der Waals surface area contributed by atoms with Gasteiger partial charge in [0.05, 0.1) is 12.5 Å². The molecule has 0 amide bonds. The number of rotatable bonds is 5. The van der Waals surface area contributed by atoms with Crippen molar-refractivity contribution in [1.82, 2.24) is 0 Å². The van der Waals surface area contributed by atoms with Gasteiger partial charge in [0.1, 0.15) is 5.78 Å². The molecular formula is C7H12O4. The number of carboxylic acids is 1. The Morgan fingerprint density at radius 1 is 1.45 bits per heavy atom. The molecule has 0 aromatic carbocycles. The fourth-order valence-corrected chi connectivity index (χ4v) is 0.670. The third-order valence-electron chi connectivity index (χ3n) is 1.41. The largest absolute Gasteiger partial charge is 0.481 e. The number of aliphatic hydroxyl groups excluding tert-OH is 1. The highest BCUT2D eigenvalue weighted by molar-refractivity contribution is 5.76. The van der Waals surface area contributed by atoms with E-state index in [1.54, 1.807) is 0 Å². The molecule has 0 aliphatic heterocycles. The van der Waals surface area contributed by atoms with Gasteiger partial charge in [-0.25, -0.2) is 0 Å². The van der Waals surface area contributed by atoms with Crippen LogP contribution in [0.3, 0.4) is 0 Å². The van der Waals surface area contributed by atoms with Gasteiger partial charge >= 0.3 is 5.97 Å². The normalized spacial score (nSPS) is 12.5. The first kappa shape index (κ1) is 10.1. The number of aliphatic hydroxyl groups is 1. The zero-order chi connectivity index (χ0) is 8.85. The lowest BCUT2D eigenvalue weighted by atomic mass is 10.0. The molecule has 1 atom stereocenters. The second kappa shape index (κ2) is 4.85. The Balaban J connectivity index is 3.70. The van der Waals surface area contributed by atoms with Gasteiger partial charge in [-0.05, 0) is 13.3 Å². The van der Waals surface area contributed by atoms with E-state index in [1.165, 1.54) is 6.92 Å². The van der Waals surface area contributed by atoms with Crippen molar-refractivity contribution in [3.8, 4) is 0 Å². The van der Waals surface area contributed by atoms with Crippen LogP contribution in [0.1, 0.15) is 19.8 Å². The molecule has 0 saturated heterocycles. The summed E-state index contributed by atoms with van der Waals surface area (Å²) in [5, 5.41) is 16.9. The second-order valence-electron chi connectivity index (χ2n) is 2.46. The predicted molar refractivity (Wildman–Crippen MR) is 38.1 cm³/mol. The van der Waals surface area contributed by atoms with E-state index in [4.69, 9.17) is 10.2 Å². The number of carbonyl (C=O) groups excluding carboxylic acids is 1. The van der Waals surface area contributed by atoms with Crippen molar-refractivity contribution >= 4 is 11.8 Å². The van der Waals surface area contributed by atoms with Gasteiger partial charge in [-0.1, -0.05) is 0 Å². The third-order valence-corrected chi connectivity index (χ3v) is 1.41. The van der Waals surface area contributed by atoms with Gasteiger partial charge in [0.2, 0.25) is 0 Å². The van der Waals surface area contributed by atoms with E-state index in [2.05, 4.69) is 0 Å². The zero-order valence-corrected chi connectivity index (χ0v) is 6.41. The van der Waals surface area contributed by atoms with Gasteiger partial charge < -0.3 is 15.0 Å².